The first-order valence-corrected chi connectivity index (χ1v) is 9.33. The van der Waals surface area contributed by atoms with E-state index in [2.05, 4.69) is 16.3 Å². The number of hydrogen-bond acceptors (Lipinski definition) is 5. The first kappa shape index (κ1) is 16.1. The number of nitrogens with one attached hydrogen (secondary N) is 1. The molecule has 2 fully saturated rings. The number of aliphatic carboxylic acids is 1. The van der Waals surface area contributed by atoms with Crippen molar-refractivity contribution in [3.05, 3.63) is 35.0 Å². The van der Waals surface area contributed by atoms with Crippen LogP contribution in [0.1, 0.15) is 25.3 Å². The van der Waals surface area contributed by atoms with Gasteiger partial charge in [-0.25, -0.2) is 4.79 Å². The zero-order valence-corrected chi connectivity index (χ0v) is 15.0. The molecule has 0 unspecified atom stereocenters. The second-order valence-corrected chi connectivity index (χ2v) is 8.08. The molecule has 6 heteroatoms. The first-order chi connectivity index (χ1) is 12.5. The van der Waals surface area contributed by atoms with E-state index in [0.29, 0.717) is 5.57 Å². The van der Waals surface area contributed by atoms with E-state index in [4.69, 9.17) is 4.74 Å². The summed E-state index contributed by atoms with van der Waals surface area (Å²) in [4.78, 5) is 14.8. The molecule has 5 atom stereocenters. The largest absolute Gasteiger partial charge is 0.495 e. The average molecular weight is 356 g/mol. The van der Waals surface area contributed by atoms with E-state index in [1.54, 1.807) is 14.0 Å². The number of rotatable bonds is 3. The molecule has 0 aromatic heterocycles. The van der Waals surface area contributed by atoms with E-state index in [1.807, 2.05) is 12.1 Å². The number of benzene rings is 1. The van der Waals surface area contributed by atoms with Crippen LogP contribution in [-0.2, 0) is 10.2 Å². The van der Waals surface area contributed by atoms with E-state index in [1.165, 1.54) is 0 Å². The predicted molar refractivity (Wildman–Crippen MR) is 96.2 cm³/mol. The summed E-state index contributed by atoms with van der Waals surface area (Å²) in [5.41, 5.74) is 3.07. The van der Waals surface area contributed by atoms with Gasteiger partial charge >= 0.3 is 5.97 Å². The molecule has 0 saturated carbocycles. The van der Waals surface area contributed by atoms with Gasteiger partial charge in [-0.3, -0.25) is 4.90 Å². The molecule has 138 valence electrons. The van der Waals surface area contributed by atoms with Gasteiger partial charge in [-0.05, 0) is 37.9 Å². The minimum Gasteiger partial charge on any atom is -0.495 e. The van der Waals surface area contributed by atoms with Gasteiger partial charge in [-0.1, -0.05) is 12.1 Å². The van der Waals surface area contributed by atoms with E-state index < -0.39 is 12.1 Å². The number of carboxylic acids is 1. The molecule has 2 bridgehead atoms. The number of nitrogens with zero attached hydrogens (tertiary/aromatic N) is 1. The third kappa shape index (κ3) is 1.76. The van der Waals surface area contributed by atoms with E-state index in [0.717, 1.165) is 48.6 Å². The topological polar surface area (TPSA) is 82.0 Å². The number of carbonyl (C=O) groups is 1. The van der Waals surface area contributed by atoms with Crippen molar-refractivity contribution >= 4 is 11.7 Å². The molecule has 1 aromatic rings. The number of methoxy groups -OCH3 is 1. The van der Waals surface area contributed by atoms with Crippen molar-refractivity contribution in [3.63, 3.8) is 0 Å². The number of para-hydroxylation sites is 1. The van der Waals surface area contributed by atoms with Crippen LogP contribution in [0, 0.1) is 11.8 Å². The fourth-order valence-electron chi connectivity index (χ4n) is 6.09. The predicted octanol–water partition coefficient (Wildman–Crippen LogP) is 1.80. The third-order valence-corrected chi connectivity index (χ3v) is 7.16. The lowest BCUT2D eigenvalue weighted by Gasteiger charge is -2.51. The minimum atomic E-state index is -0.868. The van der Waals surface area contributed by atoms with Crippen molar-refractivity contribution in [1.82, 2.24) is 4.90 Å². The Kier molecular flexibility index (Phi) is 3.25. The maximum Gasteiger partial charge on any atom is 0.333 e. The second-order valence-electron chi connectivity index (χ2n) is 8.08. The lowest BCUT2D eigenvalue weighted by molar-refractivity contribution is -0.134. The number of aliphatic hydroxyl groups is 1. The highest BCUT2D eigenvalue weighted by atomic mass is 16.5. The third-order valence-electron chi connectivity index (χ3n) is 7.16. The SMILES string of the molecule is COc1cccc2c1NC1=C(C(=O)O)[C@H]3C[C@@H]4N(CC[C@@]124)C[C@H]3[C@H](C)O. The summed E-state index contributed by atoms with van der Waals surface area (Å²) in [7, 11) is 1.65. The molecule has 1 aliphatic carbocycles. The molecule has 0 amide bonds. The summed E-state index contributed by atoms with van der Waals surface area (Å²) in [6.07, 6.45) is 1.16. The second kappa shape index (κ2) is 5.24. The molecule has 1 spiro atoms. The van der Waals surface area contributed by atoms with Gasteiger partial charge in [-0.15, -0.1) is 0 Å². The quantitative estimate of drug-likeness (QED) is 0.766. The van der Waals surface area contributed by atoms with Gasteiger partial charge in [0.2, 0.25) is 0 Å². The molecule has 3 aliphatic heterocycles. The summed E-state index contributed by atoms with van der Waals surface area (Å²) in [5, 5.41) is 23.9. The zero-order valence-electron chi connectivity index (χ0n) is 15.0. The van der Waals surface area contributed by atoms with Crippen LogP contribution in [-0.4, -0.2) is 53.4 Å². The number of anilines is 1. The van der Waals surface area contributed by atoms with Crippen LogP contribution in [0.2, 0.25) is 0 Å². The van der Waals surface area contributed by atoms with Gasteiger partial charge in [0.05, 0.1) is 29.9 Å². The standard InChI is InChI=1S/C20H24N2O4/c1-10(23)12-9-22-7-6-20-13-4-3-5-14(26-2)17(13)21-18(20)16(19(24)25)11(12)8-15(20)22/h3-5,10-12,15,21,23H,6-9H2,1-2H3,(H,24,25)/t10-,11-,12-,15-,20+/m0/s1. The summed E-state index contributed by atoms with van der Waals surface area (Å²) in [6, 6.07) is 6.30. The minimum absolute atomic E-state index is 0.0478. The Hall–Kier alpha value is -2.05. The normalized spacial score (nSPS) is 35.6. The Morgan fingerprint density at radius 1 is 1.46 bits per heavy atom. The molecule has 4 aliphatic rings. The molecule has 1 aromatic carbocycles. The van der Waals surface area contributed by atoms with Crippen molar-refractivity contribution in [2.45, 2.75) is 37.3 Å². The smallest absolute Gasteiger partial charge is 0.333 e. The molecule has 3 heterocycles. The van der Waals surface area contributed by atoms with Crippen molar-refractivity contribution in [2.75, 3.05) is 25.5 Å². The summed E-state index contributed by atoms with van der Waals surface area (Å²) in [6.45, 7) is 3.47. The van der Waals surface area contributed by atoms with Gasteiger partial charge in [0.25, 0.3) is 0 Å². The van der Waals surface area contributed by atoms with E-state index in [-0.39, 0.29) is 23.3 Å². The molecule has 26 heavy (non-hydrogen) atoms. The van der Waals surface area contributed by atoms with Crippen molar-refractivity contribution in [3.8, 4) is 5.75 Å². The molecular weight excluding hydrogens is 332 g/mol. The van der Waals surface area contributed by atoms with Crippen molar-refractivity contribution in [2.24, 2.45) is 11.8 Å². The molecule has 6 nitrogen and oxygen atoms in total. The maximum atomic E-state index is 12.3. The number of carboxylic acid groups (broad SMARTS) is 1. The van der Waals surface area contributed by atoms with Gasteiger partial charge in [-0.2, -0.15) is 0 Å². The summed E-state index contributed by atoms with van der Waals surface area (Å²) >= 11 is 0. The molecular formula is C20H24N2O4. The van der Waals surface area contributed by atoms with Crippen LogP contribution in [0.4, 0.5) is 5.69 Å². The molecule has 0 radical (unpaired) electrons. The highest BCUT2D eigenvalue weighted by Crippen LogP contribution is 2.62. The maximum absolute atomic E-state index is 12.3. The number of aliphatic hydroxyl groups excluding tert-OH is 1. The first-order valence-electron chi connectivity index (χ1n) is 9.33. The van der Waals surface area contributed by atoms with Crippen molar-refractivity contribution < 1.29 is 19.7 Å². The Morgan fingerprint density at radius 3 is 2.96 bits per heavy atom. The van der Waals surface area contributed by atoms with E-state index in [9.17, 15) is 15.0 Å². The van der Waals surface area contributed by atoms with Crippen LogP contribution in [0.5, 0.6) is 5.75 Å². The van der Waals surface area contributed by atoms with Crippen LogP contribution < -0.4 is 10.1 Å². The molecule has 2 saturated heterocycles. The average Bonchev–Trinajstić information content (AvgIpc) is 3.17. The highest BCUT2D eigenvalue weighted by molar-refractivity contribution is 5.93. The van der Waals surface area contributed by atoms with Gasteiger partial charge < -0.3 is 20.3 Å². The number of hydrogen-bond donors (Lipinski definition) is 3. The van der Waals surface area contributed by atoms with Gasteiger partial charge in [0.15, 0.2) is 0 Å². The Morgan fingerprint density at radius 2 is 2.27 bits per heavy atom. The lowest BCUT2D eigenvalue weighted by Crippen LogP contribution is -2.57. The van der Waals surface area contributed by atoms with Crippen LogP contribution in [0.25, 0.3) is 0 Å². The van der Waals surface area contributed by atoms with Crippen LogP contribution >= 0.6 is 0 Å². The number of fused-ring (bicyclic) bond motifs is 2. The summed E-state index contributed by atoms with van der Waals surface area (Å²) < 4.78 is 5.55. The molecule has 5 rings (SSSR count). The zero-order chi connectivity index (χ0) is 18.2. The van der Waals surface area contributed by atoms with Crippen LogP contribution in [0.15, 0.2) is 29.5 Å². The Balaban J connectivity index is 1.79. The number of piperidine rings is 1. The van der Waals surface area contributed by atoms with Crippen LogP contribution in [0.3, 0.4) is 0 Å². The fraction of sp³-hybridized carbons (Fsp3) is 0.550. The van der Waals surface area contributed by atoms with Gasteiger partial charge in [0.1, 0.15) is 5.75 Å². The fourth-order valence-corrected chi connectivity index (χ4v) is 6.09. The summed E-state index contributed by atoms with van der Waals surface area (Å²) in [5.74, 6) is -0.284. The molecule has 3 N–H and O–H groups in total. The number of ether oxygens (including phenoxy) is 1. The lowest BCUT2D eigenvalue weighted by atomic mass is 9.60. The Bertz CT molecular complexity index is 833. The van der Waals surface area contributed by atoms with Gasteiger partial charge in [0, 0.05) is 30.1 Å². The van der Waals surface area contributed by atoms with Crippen molar-refractivity contribution in [1.29, 1.82) is 0 Å². The monoisotopic (exact) mass is 356 g/mol. The Labute approximate surface area is 152 Å². The van der Waals surface area contributed by atoms with E-state index >= 15 is 0 Å². The highest BCUT2D eigenvalue weighted by Gasteiger charge is 2.63.